The van der Waals surface area contributed by atoms with Gasteiger partial charge in [0, 0.05) is 26.3 Å². The highest BCUT2D eigenvalue weighted by Gasteiger charge is 2.19. The number of methoxy groups -OCH3 is 1. The second-order valence-corrected chi connectivity index (χ2v) is 5.19. The van der Waals surface area contributed by atoms with Crippen LogP contribution < -0.4 is 5.32 Å². The van der Waals surface area contributed by atoms with E-state index >= 15 is 0 Å². The van der Waals surface area contributed by atoms with Crippen molar-refractivity contribution in [2.24, 2.45) is 5.41 Å². The van der Waals surface area contributed by atoms with Gasteiger partial charge in [0.1, 0.15) is 11.9 Å². The van der Waals surface area contributed by atoms with Gasteiger partial charge in [-0.2, -0.15) is 5.26 Å². The highest BCUT2D eigenvalue weighted by atomic mass is 16.6. The van der Waals surface area contributed by atoms with Crippen molar-refractivity contribution >= 4 is 11.5 Å². The molecular formula is C13H18N4O3. The van der Waals surface area contributed by atoms with Crippen molar-refractivity contribution in [3.63, 3.8) is 0 Å². The Kier molecular flexibility index (Phi) is 5.41. The Morgan fingerprint density at radius 2 is 2.25 bits per heavy atom. The Balaban J connectivity index is 2.75. The molecule has 7 nitrogen and oxygen atoms in total. The van der Waals surface area contributed by atoms with E-state index < -0.39 is 4.92 Å². The van der Waals surface area contributed by atoms with Gasteiger partial charge in [-0.15, -0.1) is 0 Å². The van der Waals surface area contributed by atoms with Gasteiger partial charge in [-0.05, 0) is 17.9 Å². The van der Waals surface area contributed by atoms with Crippen molar-refractivity contribution in [1.82, 2.24) is 4.98 Å². The van der Waals surface area contributed by atoms with Crippen LogP contribution in [0, 0.1) is 26.9 Å². The fourth-order valence-electron chi connectivity index (χ4n) is 1.58. The van der Waals surface area contributed by atoms with Crippen LogP contribution in [0.2, 0.25) is 0 Å². The molecule has 0 unspecified atom stereocenters. The number of hydrogen-bond donors (Lipinski definition) is 1. The summed E-state index contributed by atoms with van der Waals surface area (Å²) in [5.41, 5.74) is -0.474. The fraction of sp³-hybridized carbons (Fsp3) is 0.538. The van der Waals surface area contributed by atoms with Gasteiger partial charge in [0.2, 0.25) is 5.69 Å². The minimum atomic E-state index is -0.613. The number of rotatable bonds is 7. The third-order valence-electron chi connectivity index (χ3n) is 2.91. The molecule has 0 saturated carbocycles. The lowest BCUT2D eigenvalue weighted by Gasteiger charge is -2.24. The van der Waals surface area contributed by atoms with Crippen LogP contribution in [0.4, 0.5) is 11.5 Å². The SMILES string of the molecule is COCCC(C)(C)CNc1ccc([N+](=O)[O-])c(C#N)n1. The van der Waals surface area contributed by atoms with E-state index in [1.54, 1.807) is 13.2 Å². The number of hydrogen-bond acceptors (Lipinski definition) is 6. The lowest BCUT2D eigenvalue weighted by molar-refractivity contribution is -0.385. The number of nitrogens with one attached hydrogen (secondary N) is 1. The van der Waals surface area contributed by atoms with Crippen molar-refractivity contribution in [1.29, 1.82) is 5.26 Å². The minimum Gasteiger partial charge on any atom is -0.385 e. The predicted molar refractivity (Wildman–Crippen MR) is 74.4 cm³/mol. The number of anilines is 1. The smallest absolute Gasteiger partial charge is 0.305 e. The van der Waals surface area contributed by atoms with Gasteiger partial charge < -0.3 is 10.1 Å². The van der Waals surface area contributed by atoms with Crippen LogP contribution in [0.5, 0.6) is 0 Å². The van der Waals surface area contributed by atoms with Crippen LogP contribution in [0.3, 0.4) is 0 Å². The maximum Gasteiger partial charge on any atom is 0.305 e. The second kappa shape index (κ2) is 6.82. The second-order valence-electron chi connectivity index (χ2n) is 5.19. The third-order valence-corrected chi connectivity index (χ3v) is 2.91. The van der Waals surface area contributed by atoms with Gasteiger partial charge >= 0.3 is 5.69 Å². The molecule has 1 aromatic rings. The molecule has 0 radical (unpaired) electrons. The monoisotopic (exact) mass is 278 g/mol. The molecule has 0 bridgehead atoms. The highest BCUT2D eigenvalue weighted by Crippen LogP contribution is 2.22. The van der Waals surface area contributed by atoms with Crippen LogP contribution in [-0.4, -0.2) is 30.2 Å². The standard InChI is InChI=1S/C13H18N4O3/c1-13(2,6-7-20-3)9-15-12-5-4-11(17(18)19)10(8-14)16-12/h4-5H,6-7,9H2,1-3H3,(H,15,16). The fourth-order valence-corrected chi connectivity index (χ4v) is 1.58. The Bertz CT molecular complexity index is 523. The number of aromatic nitrogens is 1. The topological polar surface area (TPSA) is 101 Å². The summed E-state index contributed by atoms with van der Waals surface area (Å²) in [4.78, 5) is 14.0. The summed E-state index contributed by atoms with van der Waals surface area (Å²) >= 11 is 0. The van der Waals surface area contributed by atoms with E-state index in [9.17, 15) is 10.1 Å². The normalized spacial score (nSPS) is 10.9. The molecule has 1 heterocycles. The summed E-state index contributed by atoms with van der Waals surface area (Å²) in [5, 5.41) is 22.7. The molecule has 1 aromatic heterocycles. The van der Waals surface area contributed by atoms with Crippen LogP contribution in [-0.2, 0) is 4.74 Å². The molecule has 0 amide bonds. The first-order valence-corrected chi connectivity index (χ1v) is 6.18. The molecule has 0 aliphatic heterocycles. The van der Waals surface area contributed by atoms with Gasteiger partial charge in [0.05, 0.1) is 4.92 Å². The maximum atomic E-state index is 10.7. The first-order chi connectivity index (χ1) is 9.39. The largest absolute Gasteiger partial charge is 0.385 e. The lowest BCUT2D eigenvalue weighted by atomic mass is 9.90. The highest BCUT2D eigenvalue weighted by molar-refractivity contribution is 5.50. The Labute approximate surface area is 117 Å². The van der Waals surface area contributed by atoms with Crippen molar-refractivity contribution in [2.75, 3.05) is 25.6 Å². The molecule has 108 valence electrons. The predicted octanol–water partition coefficient (Wildman–Crippen LogP) is 2.34. The quantitative estimate of drug-likeness (QED) is 0.606. The van der Waals surface area contributed by atoms with Crippen molar-refractivity contribution in [3.8, 4) is 6.07 Å². The lowest BCUT2D eigenvalue weighted by Crippen LogP contribution is -2.25. The molecule has 1 N–H and O–H groups in total. The van der Waals surface area contributed by atoms with Gasteiger partial charge in [-0.25, -0.2) is 4.98 Å². The van der Waals surface area contributed by atoms with E-state index in [-0.39, 0.29) is 16.8 Å². The maximum absolute atomic E-state index is 10.7. The molecule has 7 heteroatoms. The number of nitriles is 1. The van der Waals surface area contributed by atoms with E-state index in [1.807, 2.05) is 0 Å². The van der Waals surface area contributed by atoms with Gasteiger partial charge in [0.25, 0.3) is 0 Å². The molecule has 0 aliphatic rings. The zero-order chi connectivity index (χ0) is 15.2. The Morgan fingerprint density at radius 3 is 2.80 bits per heavy atom. The van der Waals surface area contributed by atoms with E-state index in [0.717, 1.165) is 6.42 Å². The molecule has 0 aromatic carbocycles. The summed E-state index contributed by atoms with van der Waals surface area (Å²) in [6, 6.07) is 4.53. The molecule has 0 aliphatic carbocycles. The third kappa shape index (κ3) is 4.48. The summed E-state index contributed by atoms with van der Waals surface area (Å²) in [6.45, 7) is 5.45. The van der Waals surface area contributed by atoms with Gasteiger partial charge in [-0.3, -0.25) is 10.1 Å². The summed E-state index contributed by atoms with van der Waals surface area (Å²) in [6.07, 6.45) is 0.870. The van der Waals surface area contributed by atoms with Crippen molar-refractivity contribution < 1.29 is 9.66 Å². The van der Waals surface area contributed by atoms with Crippen molar-refractivity contribution in [3.05, 3.63) is 27.9 Å². The Morgan fingerprint density at radius 1 is 1.55 bits per heavy atom. The molecule has 0 spiro atoms. The Hall–Kier alpha value is -2.20. The molecule has 0 saturated heterocycles. The number of nitrogens with zero attached hydrogens (tertiary/aromatic N) is 3. The van der Waals surface area contributed by atoms with E-state index in [2.05, 4.69) is 24.1 Å². The summed E-state index contributed by atoms with van der Waals surface area (Å²) < 4.78 is 5.05. The molecule has 0 fully saturated rings. The molecule has 20 heavy (non-hydrogen) atoms. The van der Waals surface area contributed by atoms with Gasteiger partial charge in [0.15, 0.2) is 0 Å². The van der Waals surface area contributed by atoms with Crippen LogP contribution >= 0.6 is 0 Å². The summed E-state index contributed by atoms with van der Waals surface area (Å²) in [5.74, 6) is 0.456. The van der Waals surface area contributed by atoms with E-state index in [1.165, 1.54) is 12.1 Å². The number of nitro groups is 1. The van der Waals surface area contributed by atoms with Crippen LogP contribution in [0.1, 0.15) is 26.0 Å². The van der Waals surface area contributed by atoms with Crippen LogP contribution in [0.15, 0.2) is 12.1 Å². The number of ether oxygens (including phenoxy) is 1. The zero-order valence-corrected chi connectivity index (χ0v) is 11.8. The van der Waals surface area contributed by atoms with Crippen LogP contribution in [0.25, 0.3) is 0 Å². The average molecular weight is 278 g/mol. The first kappa shape index (κ1) is 15.9. The molecular weight excluding hydrogens is 260 g/mol. The van der Waals surface area contributed by atoms with Crippen molar-refractivity contribution in [2.45, 2.75) is 20.3 Å². The van der Waals surface area contributed by atoms with E-state index in [4.69, 9.17) is 10.00 Å². The first-order valence-electron chi connectivity index (χ1n) is 6.18. The number of pyridine rings is 1. The molecule has 1 rings (SSSR count). The zero-order valence-electron chi connectivity index (χ0n) is 11.8. The van der Waals surface area contributed by atoms with E-state index in [0.29, 0.717) is 19.0 Å². The molecule has 0 atom stereocenters. The van der Waals surface area contributed by atoms with Gasteiger partial charge in [-0.1, -0.05) is 13.8 Å². The average Bonchev–Trinajstić information content (AvgIpc) is 2.42. The summed E-state index contributed by atoms with van der Waals surface area (Å²) in [7, 11) is 1.65. The minimum absolute atomic E-state index is 0.00767.